The molecular weight excluding hydrogens is 404 g/mol. The van der Waals surface area contributed by atoms with Gasteiger partial charge in [0.15, 0.2) is 5.82 Å². The summed E-state index contributed by atoms with van der Waals surface area (Å²) >= 11 is 0. The van der Waals surface area contributed by atoms with E-state index >= 15 is 0 Å². The molecule has 2 aromatic heterocycles. The lowest BCUT2D eigenvalue weighted by atomic mass is 10.1. The summed E-state index contributed by atoms with van der Waals surface area (Å²) in [5.74, 6) is 0.174. The highest BCUT2D eigenvalue weighted by atomic mass is 16.2. The average molecular weight is 433 g/mol. The zero-order valence-electron chi connectivity index (χ0n) is 18.8. The maximum atomic E-state index is 12.8. The summed E-state index contributed by atoms with van der Waals surface area (Å²) in [6, 6.07) is 9.05. The number of pyridine rings is 1. The predicted octanol–water partition coefficient (Wildman–Crippen LogP) is 4.44. The Bertz CT molecular complexity index is 1130. The van der Waals surface area contributed by atoms with Gasteiger partial charge in [0.1, 0.15) is 0 Å². The molecule has 0 unspecified atom stereocenters. The third-order valence-electron chi connectivity index (χ3n) is 4.72. The van der Waals surface area contributed by atoms with Crippen LogP contribution < -0.4 is 16.0 Å². The highest BCUT2D eigenvalue weighted by Crippen LogP contribution is 2.17. The summed E-state index contributed by atoms with van der Waals surface area (Å²) in [5.41, 5.74) is 4.79. The minimum Gasteiger partial charge on any atom is -0.345 e. The number of urea groups is 1. The van der Waals surface area contributed by atoms with E-state index in [9.17, 15) is 9.59 Å². The summed E-state index contributed by atoms with van der Waals surface area (Å²) in [5, 5.41) is 8.39. The second kappa shape index (κ2) is 10.4. The normalized spacial score (nSPS) is 10.4. The maximum absolute atomic E-state index is 12.8. The van der Waals surface area contributed by atoms with E-state index in [1.54, 1.807) is 23.2 Å². The van der Waals surface area contributed by atoms with Crippen molar-refractivity contribution < 1.29 is 9.59 Å². The van der Waals surface area contributed by atoms with Crippen LogP contribution in [0.2, 0.25) is 0 Å². The van der Waals surface area contributed by atoms with E-state index in [1.807, 2.05) is 64.1 Å². The quantitative estimate of drug-likeness (QED) is 0.481. The topological polar surface area (TPSA) is 101 Å². The van der Waals surface area contributed by atoms with Gasteiger partial charge in [-0.2, -0.15) is 0 Å². The van der Waals surface area contributed by atoms with Crippen LogP contribution in [0.1, 0.15) is 41.2 Å². The number of aromatic nitrogens is 3. The number of anilines is 2. The molecule has 8 nitrogen and oxygen atoms in total. The molecule has 0 aliphatic rings. The van der Waals surface area contributed by atoms with Gasteiger partial charge >= 0.3 is 6.03 Å². The van der Waals surface area contributed by atoms with Gasteiger partial charge in [-0.3, -0.25) is 15.1 Å². The zero-order chi connectivity index (χ0) is 23.1. The van der Waals surface area contributed by atoms with Crippen LogP contribution in [0.5, 0.6) is 0 Å². The monoisotopic (exact) mass is 432 g/mol. The van der Waals surface area contributed by atoms with Crippen LogP contribution in [0.4, 0.5) is 16.3 Å². The molecule has 1 aromatic carbocycles. The number of imidazole rings is 1. The summed E-state index contributed by atoms with van der Waals surface area (Å²) in [6.07, 6.45) is 7.01. The first-order valence-electron chi connectivity index (χ1n) is 10.3. The van der Waals surface area contributed by atoms with Gasteiger partial charge in [0.25, 0.3) is 5.91 Å². The fourth-order valence-corrected chi connectivity index (χ4v) is 3.07. The number of benzene rings is 1. The number of hydrogen-bond donors (Lipinski definition) is 3. The molecule has 3 aromatic rings. The van der Waals surface area contributed by atoms with Crippen LogP contribution in [0.25, 0.3) is 0 Å². The van der Waals surface area contributed by atoms with Gasteiger partial charge in [-0.1, -0.05) is 35.4 Å². The van der Waals surface area contributed by atoms with Crippen molar-refractivity contribution in [2.45, 2.75) is 40.8 Å². The number of carbonyl (C=O) groups excluding carboxylic acids is 2. The second-order valence-corrected chi connectivity index (χ2v) is 7.83. The highest BCUT2D eigenvalue weighted by molar-refractivity contribution is 6.00. The lowest BCUT2D eigenvalue weighted by molar-refractivity contribution is 0.0936. The van der Waals surface area contributed by atoms with Gasteiger partial charge in [-0.15, -0.1) is 0 Å². The van der Waals surface area contributed by atoms with Crippen LogP contribution in [-0.2, 0) is 13.1 Å². The minimum atomic E-state index is -0.425. The van der Waals surface area contributed by atoms with E-state index in [0.717, 1.165) is 22.3 Å². The van der Waals surface area contributed by atoms with Gasteiger partial charge < -0.3 is 15.2 Å². The Morgan fingerprint density at radius 1 is 1.12 bits per heavy atom. The Morgan fingerprint density at radius 2 is 1.94 bits per heavy atom. The second-order valence-electron chi connectivity index (χ2n) is 7.83. The average Bonchev–Trinajstić information content (AvgIpc) is 3.16. The summed E-state index contributed by atoms with van der Waals surface area (Å²) in [6.45, 7) is 8.69. The smallest absolute Gasteiger partial charge is 0.324 e. The Hall–Kier alpha value is -3.94. The SMILES string of the molecule is CC(C)=CCn1cc(NC(=O)Nc2ccc(C)cc2C)nc1C(=O)NCc1cccnc1. The molecule has 0 spiro atoms. The summed E-state index contributed by atoms with van der Waals surface area (Å²) < 4.78 is 1.71. The largest absolute Gasteiger partial charge is 0.345 e. The minimum absolute atomic E-state index is 0.216. The van der Waals surface area contributed by atoms with Gasteiger partial charge in [-0.25, -0.2) is 9.78 Å². The van der Waals surface area contributed by atoms with E-state index in [-0.39, 0.29) is 11.7 Å². The Morgan fingerprint density at radius 3 is 2.62 bits per heavy atom. The van der Waals surface area contributed by atoms with Gasteiger partial charge in [0, 0.05) is 37.4 Å². The number of carbonyl (C=O) groups is 2. The number of allylic oxidation sites excluding steroid dienone is 2. The van der Waals surface area contributed by atoms with Crippen LogP contribution >= 0.6 is 0 Å². The van der Waals surface area contributed by atoms with E-state index < -0.39 is 6.03 Å². The molecular formula is C24H28N6O2. The van der Waals surface area contributed by atoms with Crippen molar-refractivity contribution >= 4 is 23.4 Å². The summed E-state index contributed by atoms with van der Waals surface area (Å²) in [7, 11) is 0. The first kappa shape index (κ1) is 22.7. The molecule has 32 heavy (non-hydrogen) atoms. The number of rotatable bonds is 7. The molecule has 0 aliphatic carbocycles. The molecule has 0 bridgehead atoms. The van der Waals surface area contributed by atoms with Crippen molar-refractivity contribution in [2.75, 3.05) is 10.6 Å². The molecule has 0 atom stereocenters. The van der Waals surface area contributed by atoms with Gasteiger partial charge in [0.2, 0.25) is 5.82 Å². The number of nitrogens with zero attached hydrogens (tertiary/aromatic N) is 3. The van der Waals surface area contributed by atoms with Crippen LogP contribution in [-0.4, -0.2) is 26.5 Å². The first-order chi connectivity index (χ1) is 15.3. The molecule has 3 N–H and O–H groups in total. The molecule has 0 radical (unpaired) electrons. The Labute approximate surface area is 187 Å². The van der Waals surface area contributed by atoms with Crippen molar-refractivity contribution in [3.8, 4) is 0 Å². The summed E-state index contributed by atoms with van der Waals surface area (Å²) in [4.78, 5) is 33.7. The third kappa shape index (κ3) is 6.28. The molecule has 3 amide bonds. The number of aryl methyl sites for hydroxylation is 2. The van der Waals surface area contributed by atoms with Crippen molar-refractivity contribution in [1.29, 1.82) is 0 Å². The van der Waals surface area contributed by atoms with Gasteiger partial charge in [0.05, 0.1) is 0 Å². The predicted molar refractivity (Wildman–Crippen MR) is 126 cm³/mol. The zero-order valence-corrected chi connectivity index (χ0v) is 18.8. The number of nitrogens with one attached hydrogen (secondary N) is 3. The lowest BCUT2D eigenvalue weighted by Gasteiger charge is -2.09. The molecule has 0 aliphatic heterocycles. The number of hydrogen-bond acceptors (Lipinski definition) is 4. The standard InChI is InChI=1S/C24H28N6O2/c1-16(2)9-11-30-15-21(29-24(32)27-20-8-7-17(3)12-18(20)4)28-22(30)23(31)26-14-19-6-5-10-25-13-19/h5-10,12-13,15H,11,14H2,1-4H3,(H,26,31)(H2,27,29,32). The van der Waals surface area contributed by atoms with Crippen molar-refractivity contribution in [3.05, 3.63) is 83.1 Å². The van der Waals surface area contributed by atoms with Gasteiger partial charge in [-0.05, 0) is 51.0 Å². The van der Waals surface area contributed by atoms with Crippen LogP contribution in [0.15, 0.2) is 60.6 Å². The Kier molecular flexibility index (Phi) is 7.38. The van der Waals surface area contributed by atoms with Crippen molar-refractivity contribution in [2.24, 2.45) is 0 Å². The molecule has 3 rings (SSSR count). The molecule has 0 saturated carbocycles. The number of amides is 3. The maximum Gasteiger partial charge on any atom is 0.324 e. The van der Waals surface area contributed by atoms with E-state index in [0.29, 0.717) is 24.6 Å². The van der Waals surface area contributed by atoms with E-state index in [2.05, 4.69) is 25.9 Å². The van der Waals surface area contributed by atoms with Crippen LogP contribution in [0.3, 0.4) is 0 Å². The van der Waals surface area contributed by atoms with Crippen LogP contribution in [0, 0.1) is 13.8 Å². The fraction of sp³-hybridized carbons (Fsp3) is 0.250. The first-order valence-corrected chi connectivity index (χ1v) is 10.3. The van der Waals surface area contributed by atoms with Crippen molar-refractivity contribution in [1.82, 2.24) is 19.9 Å². The van der Waals surface area contributed by atoms with E-state index in [4.69, 9.17) is 0 Å². The fourth-order valence-electron chi connectivity index (χ4n) is 3.07. The molecule has 8 heteroatoms. The third-order valence-corrected chi connectivity index (χ3v) is 4.72. The lowest BCUT2D eigenvalue weighted by Crippen LogP contribution is -2.26. The van der Waals surface area contributed by atoms with Crippen molar-refractivity contribution in [3.63, 3.8) is 0 Å². The Balaban J connectivity index is 1.73. The molecule has 2 heterocycles. The molecule has 0 saturated heterocycles. The highest BCUT2D eigenvalue weighted by Gasteiger charge is 2.17. The molecule has 0 fully saturated rings. The molecule has 166 valence electrons. The van der Waals surface area contributed by atoms with E-state index in [1.165, 1.54) is 0 Å².